The van der Waals surface area contributed by atoms with Crippen LogP contribution in [-0.2, 0) is 10.0 Å². The molecule has 1 heterocycles. The molecule has 0 saturated carbocycles. The SMILES string of the molecule is COc1cccc(NC(=O)Nc2cc(N3CCCS3(=O)=O)ccc2C)c1. The Morgan fingerprint density at radius 2 is 1.96 bits per heavy atom. The highest BCUT2D eigenvalue weighted by atomic mass is 32.2. The third-order valence-corrected chi connectivity index (χ3v) is 6.05. The monoisotopic (exact) mass is 375 g/mol. The summed E-state index contributed by atoms with van der Waals surface area (Å²) >= 11 is 0. The summed E-state index contributed by atoms with van der Waals surface area (Å²) < 4.78 is 30.7. The molecule has 0 atom stereocenters. The number of aryl methyl sites for hydroxylation is 1. The fourth-order valence-corrected chi connectivity index (χ4v) is 4.37. The Hall–Kier alpha value is -2.74. The van der Waals surface area contributed by atoms with Crippen LogP contribution >= 0.6 is 0 Å². The van der Waals surface area contributed by atoms with Crippen LogP contribution in [0.2, 0.25) is 0 Å². The van der Waals surface area contributed by atoms with Crippen LogP contribution in [0, 0.1) is 6.92 Å². The zero-order chi connectivity index (χ0) is 18.7. The van der Waals surface area contributed by atoms with E-state index in [0.29, 0.717) is 35.8 Å². The lowest BCUT2D eigenvalue weighted by atomic mass is 10.2. The van der Waals surface area contributed by atoms with Gasteiger partial charge in [-0.2, -0.15) is 0 Å². The zero-order valence-electron chi connectivity index (χ0n) is 14.7. The van der Waals surface area contributed by atoms with Crippen molar-refractivity contribution in [2.45, 2.75) is 13.3 Å². The van der Waals surface area contributed by atoms with Crippen LogP contribution in [0.1, 0.15) is 12.0 Å². The first-order valence-corrected chi connectivity index (χ1v) is 9.83. The van der Waals surface area contributed by atoms with Gasteiger partial charge in [0.1, 0.15) is 5.75 Å². The Balaban J connectivity index is 1.76. The van der Waals surface area contributed by atoms with Crippen LogP contribution in [0.15, 0.2) is 42.5 Å². The second-order valence-electron chi connectivity index (χ2n) is 6.05. The van der Waals surface area contributed by atoms with Gasteiger partial charge in [0.05, 0.1) is 18.6 Å². The number of ether oxygens (including phenoxy) is 1. The molecule has 2 N–H and O–H groups in total. The summed E-state index contributed by atoms with van der Waals surface area (Å²) in [5.74, 6) is 0.792. The lowest BCUT2D eigenvalue weighted by molar-refractivity contribution is 0.262. The standard InChI is InChI=1S/C18H21N3O4S/c1-13-7-8-15(21-9-4-10-26(21,23)24)12-17(13)20-18(22)19-14-5-3-6-16(11-14)25-2/h3,5-8,11-12H,4,9-10H2,1-2H3,(H2,19,20,22). The van der Waals surface area contributed by atoms with Gasteiger partial charge in [-0.1, -0.05) is 12.1 Å². The molecule has 1 fully saturated rings. The van der Waals surface area contributed by atoms with Gasteiger partial charge in [0, 0.05) is 24.0 Å². The van der Waals surface area contributed by atoms with E-state index in [1.54, 1.807) is 49.6 Å². The second kappa shape index (κ2) is 7.25. The Morgan fingerprint density at radius 1 is 1.15 bits per heavy atom. The van der Waals surface area contributed by atoms with Crippen molar-refractivity contribution in [2.75, 3.05) is 34.3 Å². The number of anilines is 3. The number of hydrogen-bond acceptors (Lipinski definition) is 4. The molecular weight excluding hydrogens is 354 g/mol. The smallest absolute Gasteiger partial charge is 0.323 e. The van der Waals surface area contributed by atoms with E-state index in [-0.39, 0.29) is 5.75 Å². The van der Waals surface area contributed by atoms with Gasteiger partial charge in [-0.3, -0.25) is 4.31 Å². The third kappa shape index (κ3) is 3.91. The molecule has 1 aliphatic rings. The van der Waals surface area contributed by atoms with Crippen molar-refractivity contribution in [1.29, 1.82) is 0 Å². The lowest BCUT2D eigenvalue weighted by Crippen LogP contribution is -2.25. The van der Waals surface area contributed by atoms with E-state index in [9.17, 15) is 13.2 Å². The van der Waals surface area contributed by atoms with Crippen LogP contribution in [-0.4, -0.2) is 33.9 Å². The summed E-state index contributed by atoms with van der Waals surface area (Å²) in [5.41, 5.74) is 2.55. The fourth-order valence-electron chi connectivity index (χ4n) is 2.81. The Bertz CT molecular complexity index is 928. The Labute approximate surface area is 153 Å². The maximum Gasteiger partial charge on any atom is 0.323 e. The quantitative estimate of drug-likeness (QED) is 0.859. The van der Waals surface area contributed by atoms with E-state index >= 15 is 0 Å². The van der Waals surface area contributed by atoms with Crippen molar-refractivity contribution >= 4 is 33.1 Å². The molecule has 2 aromatic rings. The van der Waals surface area contributed by atoms with E-state index < -0.39 is 16.1 Å². The minimum absolute atomic E-state index is 0.153. The summed E-state index contributed by atoms with van der Waals surface area (Å²) in [5, 5.41) is 5.51. The molecule has 26 heavy (non-hydrogen) atoms. The number of hydrogen-bond donors (Lipinski definition) is 2. The molecule has 8 heteroatoms. The van der Waals surface area contributed by atoms with E-state index in [1.165, 1.54) is 4.31 Å². The summed E-state index contributed by atoms with van der Waals surface area (Å²) in [4.78, 5) is 12.3. The molecule has 2 aromatic carbocycles. The molecular formula is C18H21N3O4S. The van der Waals surface area contributed by atoms with Crippen LogP contribution in [0.25, 0.3) is 0 Å². The molecule has 0 bridgehead atoms. The number of methoxy groups -OCH3 is 1. The fraction of sp³-hybridized carbons (Fsp3) is 0.278. The highest BCUT2D eigenvalue weighted by Crippen LogP contribution is 2.28. The van der Waals surface area contributed by atoms with Gasteiger partial charge < -0.3 is 15.4 Å². The minimum Gasteiger partial charge on any atom is -0.497 e. The van der Waals surface area contributed by atoms with Crippen molar-refractivity contribution in [3.8, 4) is 5.75 Å². The van der Waals surface area contributed by atoms with Gasteiger partial charge in [-0.05, 0) is 43.2 Å². The third-order valence-electron chi connectivity index (χ3n) is 4.18. The number of nitrogens with one attached hydrogen (secondary N) is 2. The van der Waals surface area contributed by atoms with Crippen LogP contribution in [0.4, 0.5) is 21.9 Å². The molecule has 138 valence electrons. The summed E-state index contributed by atoms with van der Waals surface area (Å²) in [6.45, 7) is 2.31. The molecule has 0 unspecified atom stereocenters. The van der Waals surface area contributed by atoms with Gasteiger partial charge in [0.15, 0.2) is 0 Å². The van der Waals surface area contributed by atoms with Crippen molar-refractivity contribution in [3.05, 3.63) is 48.0 Å². The van der Waals surface area contributed by atoms with E-state index in [2.05, 4.69) is 10.6 Å². The second-order valence-corrected chi connectivity index (χ2v) is 8.06. The van der Waals surface area contributed by atoms with Crippen molar-refractivity contribution in [3.63, 3.8) is 0 Å². The predicted octanol–water partition coefficient (Wildman–Crippen LogP) is 3.19. The van der Waals surface area contributed by atoms with Crippen LogP contribution < -0.4 is 19.7 Å². The first kappa shape index (κ1) is 18.1. The molecule has 0 aromatic heterocycles. The molecule has 0 radical (unpaired) electrons. The molecule has 1 aliphatic heterocycles. The van der Waals surface area contributed by atoms with Gasteiger partial charge in [-0.25, -0.2) is 13.2 Å². The molecule has 0 aliphatic carbocycles. The van der Waals surface area contributed by atoms with Gasteiger partial charge >= 0.3 is 6.03 Å². The minimum atomic E-state index is -3.26. The van der Waals surface area contributed by atoms with Crippen molar-refractivity contribution < 1.29 is 17.9 Å². The lowest BCUT2D eigenvalue weighted by Gasteiger charge is -2.19. The first-order valence-electron chi connectivity index (χ1n) is 8.22. The molecule has 1 saturated heterocycles. The highest BCUT2D eigenvalue weighted by molar-refractivity contribution is 7.93. The van der Waals surface area contributed by atoms with Gasteiger partial charge in [0.25, 0.3) is 0 Å². The first-order chi connectivity index (χ1) is 12.4. The van der Waals surface area contributed by atoms with E-state index in [4.69, 9.17) is 4.74 Å². The van der Waals surface area contributed by atoms with Crippen molar-refractivity contribution in [2.24, 2.45) is 0 Å². The van der Waals surface area contributed by atoms with Crippen molar-refractivity contribution in [1.82, 2.24) is 0 Å². The Morgan fingerprint density at radius 3 is 2.65 bits per heavy atom. The largest absolute Gasteiger partial charge is 0.497 e. The number of benzene rings is 2. The number of rotatable bonds is 4. The zero-order valence-corrected chi connectivity index (χ0v) is 15.5. The summed E-state index contributed by atoms with van der Waals surface area (Å²) in [6, 6.07) is 11.8. The van der Waals surface area contributed by atoms with Crippen LogP contribution in [0.3, 0.4) is 0 Å². The van der Waals surface area contributed by atoms with Gasteiger partial charge in [0.2, 0.25) is 10.0 Å². The number of carbonyl (C=O) groups is 1. The topological polar surface area (TPSA) is 87.7 Å². The average Bonchev–Trinajstić information content (AvgIpc) is 2.96. The summed E-state index contributed by atoms with van der Waals surface area (Å²) in [6.07, 6.45) is 0.606. The number of carbonyl (C=O) groups excluding carboxylic acids is 1. The highest BCUT2D eigenvalue weighted by Gasteiger charge is 2.28. The maximum absolute atomic E-state index is 12.3. The van der Waals surface area contributed by atoms with Crippen LogP contribution in [0.5, 0.6) is 5.75 Å². The normalized spacial score (nSPS) is 15.5. The molecule has 3 rings (SSSR count). The molecule has 2 amide bonds. The number of amides is 2. The predicted molar refractivity (Wildman–Crippen MR) is 103 cm³/mol. The molecule has 0 spiro atoms. The number of nitrogens with zero attached hydrogens (tertiary/aromatic N) is 1. The number of sulfonamides is 1. The maximum atomic E-state index is 12.3. The van der Waals surface area contributed by atoms with E-state index in [1.807, 2.05) is 6.92 Å². The Kier molecular flexibility index (Phi) is 5.03. The average molecular weight is 375 g/mol. The van der Waals surface area contributed by atoms with E-state index in [0.717, 1.165) is 5.56 Å². The summed E-state index contributed by atoms with van der Waals surface area (Å²) in [7, 11) is -1.71. The number of urea groups is 1. The van der Waals surface area contributed by atoms with Gasteiger partial charge in [-0.15, -0.1) is 0 Å². The molecule has 7 nitrogen and oxygen atoms in total.